The molecule has 3 rings (SSSR count). The van der Waals surface area contributed by atoms with Gasteiger partial charge in [-0.3, -0.25) is 4.79 Å². The lowest BCUT2D eigenvalue weighted by molar-refractivity contribution is -0.126. The van der Waals surface area contributed by atoms with Crippen molar-refractivity contribution < 1.29 is 17.6 Å². The SMILES string of the molecule is O=C1CCCCC1C1CCCN1S(=O)(=O)c1ccc(Cl)cc1F. The number of halogens is 2. The van der Waals surface area contributed by atoms with Crippen molar-refractivity contribution in [3.05, 3.63) is 29.0 Å². The molecule has 0 amide bonds. The molecular formula is C16H19ClFNO3S. The summed E-state index contributed by atoms with van der Waals surface area (Å²) in [5.74, 6) is -0.963. The Balaban J connectivity index is 1.93. The van der Waals surface area contributed by atoms with Gasteiger partial charge in [0.05, 0.1) is 0 Å². The maximum atomic E-state index is 14.1. The highest BCUT2D eigenvalue weighted by Crippen LogP contribution is 2.36. The molecule has 2 aliphatic rings. The molecule has 7 heteroatoms. The number of ketones is 1. The third-order valence-corrected chi connectivity index (χ3v) is 6.99. The van der Waals surface area contributed by atoms with Crippen LogP contribution >= 0.6 is 11.6 Å². The van der Waals surface area contributed by atoms with E-state index in [9.17, 15) is 17.6 Å². The molecule has 1 aliphatic heterocycles. The van der Waals surface area contributed by atoms with Crippen LogP contribution < -0.4 is 0 Å². The van der Waals surface area contributed by atoms with Gasteiger partial charge in [-0.05, 0) is 43.9 Å². The average molecular weight is 360 g/mol. The molecule has 1 heterocycles. The summed E-state index contributed by atoms with van der Waals surface area (Å²) >= 11 is 5.70. The van der Waals surface area contributed by atoms with Gasteiger partial charge in [0, 0.05) is 29.9 Å². The highest BCUT2D eigenvalue weighted by atomic mass is 35.5. The van der Waals surface area contributed by atoms with Crippen LogP contribution in [0, 0.1) is 11.7 Å². The molecule has 0 spiro atoms. The smallest absolute Gasteiger partial charge is 0.246 e. The molecule has 2 unspecified atom stereocenters. The van der Waals surface area contributed by atoms with Gasteiger partial charge in [-0.25, -0.2) is 12.8 Å². The summed E-state index contributed by atoms with van der Waals surface area (Å²) in [6.07, 6.45) is 4.41. The normalized spacial score (nSPS) is 26.6. The molecule has 2 fully saturated rings. The highest BCUT2D eigenvalue weighted by molar-refractivity contribution is 7.89. The molecule has 1 saturated carbocycles. The Labute approximate surface area is 140 Å². The van der Waals surface area contributed by atoms with Gasteiger partial charge in [0.1, 0.15) is 16.5 Å². The van der Waals surface area contributed by atoms with Crippen LogP contribution in [0.2, 0.25) is 5.02 Å². The number of benzene rings is 1. The average Bonchev–Trinajstić information content (AvgIpc) is 2.97. The van der Waals surface area contributed by atoms with Crippen LogP contribution in [0.25, 0.3) is 0 Å². The van der Waals surface area contributed by atoms with Crippen LogP contribution in [-0.2, 0) is 14.8 Å². The van der Waals surface area contributed by atoms with Crippen LogP contribution in [0.3, 0.4) is 0 Å². The van der Waals surface area contributed by atoms with Crippen LogP contribution in [0.5, 0.6) is 0 Å². The van der Waals surface area contributed by atoms with Gasteiger partial charge < -0.3 is 0 Å². The molecule has 4 nitrogen and oxygen atoms in total. The van der Waals surface area contributed by atoms with E-state index >= 15 is 0 Å². The molecule has 126 valence electrons. The summed E-state index contributed by atoms with van der Waals surface area (Å²) in [4.78, 5) is 11.8. The van der Waals surface area contributed by atoms with Gasteiger partial charge in [0.15, 0.2) is 0 Å². The van der Waals surface area contributed by atoms with Crippen LogP contribution in [0.4, 0.5) is 4.39 Å². The Bertz CT molecular complexity index is 722. The summed E-state index contributed by atoms with van der Waals surface area (Å²) in [7, 11) is -3.96. The molecule has 1 saturated heterocycles. The Kier molecular flexibility index (Phi) is 4.76. The van der Waals surface area contributed by atoms with Gasteiger partial charge >= 0.3 is 0 Å². The maximum Gasteiger partial charge on any atom is 0.246 e. The fourth-order valence-corrected chi connectivity index (χ4v) is 5.63. The van der Waals surface area contributed by atoms with Gasteiger partial charge in [-0.2, -0.15) is 4.31 Å². The molecule has 1 aromatic rings. The molecule has 2 atom stereocenters. The van der Waals surface area contributed by atoms with Crippen molar-refractivity contribution in [2.45, 2.75) is 49.5 Å². The number of carbonyl (C=O) groups excluding carboxylic acids is 1. The van der Waals surface area contributed by atoms with E-state index in [2.05, 4.69) is 0 Å². The molecule has 0 aromatic heterocycles. The fourth-order valence-electron chi connectivity index (χ4n) is 3.69. The lowest BCUT2D eigenvalue weighted by Crippen LogP contribution is -2.43. The third-order valence-electron chi connectivity index (χ3n) is 4.80. The first-order chi connectivity index (χ1) is 10.9. The first-order valence-electron chi connectivity index (χ1n) is 7.91. The maximum absolute atomic E-state index is 14.1. The Morgan fingerprint density at radius 1 is 1.17 bits per heavy atom. The minimum absolute atomic E-state index is 0.139. The summed E-state index contributed by atoms with van der Waals surface area (Å²) in [6.45, 7) is 0.332. The zero-order valence-electron chi connectivity index (χ0n) is 12.7. The van der Waals surface area contributed by atoms with Crippen LogP contribution in [0.1, 0.15) is 38.5 Å². The van der Waals surface area contributed by atoms with Crippen molar-refractivity contribution in [2.24, 2.45) is 5.92 Å². The molecule has 0 radical (unpaired) electrons. The van der Waals surface area contributed by atoms with E-state index in [4.69, 9.17) is 11.6 Å². The Hall–Kier alpha value is -0.980. The van der Waals surface area contributed by atoms with Gasteiger partial charge in [0.2, 0.25) is 10.0 Å². The van der Waals surface area contributed by atoms with Crippen molar-refractivity contribution in [1.82, 2.24) is 4.31 Å². The standard InChI is InChI=1S/C16H19ClFNO3S/c17-11-7-8-16(13(18)10-11)23(21,22)19-9-3-5-14(19)12-4-1-2-6-15(12)20/h7-8,10,12,14H,1-6,9H2. The van der Waals surface area contributed by atoms with Crippen LogP contribution in [-0.4, -0.2) is 31.1 Å². The predicted molar refractivity (Wildman–Crippen MR) is 85.3 cm³/mol. The van der Waals surface area contributed by atoms with Crippen molar-refractivity contribution in [3.8, 4) is 0 Å². The largest absolute Gasteiger partial charge is 0.299 e. The van der Waals surface area contributed by atoms with Gasteiger partial charge in [0.25, 0.3) is 0 Å². The van der Waals surface area contributed by atoms with Crippen molar-refractivity contribution in [3.63, 3.8) is 0 Å². The van der Waals surface area contributed by atoms with Crippen molar-refractivity contribution in [2.75, 3.05) is 6.54 Å². The summed E-state index contributed by atoms with van der Waals surface area (Å²) in [5.41, 5.74) is 0. The van der Waals surface area contributed by atoms with E-state index < -0.39 is 15.8 Å². The van der Waals surface area contributed by atoms with E-state index in [0.717, 1.165) is 25.3 Å². The van der Waals surface area contributed by atoms with E-state index in [1.807, 2.05) is 0 Å². The second-order valence-electron chi connectivity index (χ2n) is 6.22. The zero-order chi connectivity index (χ0) is 16.6. The summed E-state index contributed by atoms with van der Waals surface area (Å²) in [5, 5.41) is 0.155. The minimum Gasteiger partial charge on any atom is -0.299 e. The van der Waals surface area contributed by atoms with Gasteiger partial charge in [-0.1, -0.05) is 18.0 Å². The Morgan fingerprint density at radius 2 is 1.96 bits per heavy atom. The van der Waals surface area contributed by atoms with Gasteiger partial charge in [-0.15, -0.1) is 0 Å². The van der Waals surface area contributed by atoms with Crippen molar-refractivity contribution >= 4 is 27.4 Å². The second-order valence-corrected chi connectivity index (χ2v) is 8.51. The third kappa shape index (κ3) is 3.16. The topological polar surface area (TPSA) is 54.5 Å². The number of carbonyl (C=O) groups is 1. The number of rotatable bonds is 3. The quantitative estimate of drug-likeness (QED) is 0.831. The summed E-state index contributed by atoms with van der Waals surface area (Å²) < 4.78 is 41.1. The minimum atomic E-state index is -3.96. The Morgan fingerprint density at radius 3 is 2.65 bits per heavy atom. The van der Waals surface area contributed by atoms with Crippen molar-refractivity contribution in [1.29, 1.82) is 0 Å². The summed E-state index contributed by atoms with van der Waals surface area (Å²) in [6, 6.07) is 3.23. The van der Waals surface area contributed by atoms with E-state index in [-0.39, 0.29) is 27.7 Å². The first kappa shape index (κ1) is 16.9. The molecule has 0 bridgehead atoms. The van der Waals surface area contributed by atoms with E-state index in [1.165, 1.54) is 16.4 Å². The predicted octanol–water partition coefficient (Wildman–Crippen LogP) is 3.39. The van der Waals surface area contributed by atoms with E-state index in [0.29, 0.717) is 25.8 Å². The lowest BCUT2D eigenvalue weighted by Gasteiger charge is -2.32. The number of nitrogens with zero attached hydrogens (tertiary/aromatic N) is 1. The molecule has 23 heavy (non-hydrogen) atoms. The second kappa shape index (κ2) is 6.49. The number of hydrogen-bond donors (Lipinski definition) is 0. The molecule has 1 aromatic carbocycles. The molecular weight excluding hydrogens is 341 g/mol. The van der Waals surface area contributed by atoms with Crippen LogP contribution in [0.15, 0.2) is 23.1 Å². The molecule has 0 N–H and O–H groups in total. The fraction of sp³-hybridized carbons (Fsp3) is 0.562. The number of Topliss-reactive ketones (excluding diaryl/α,β-unsaturated/α-hetero) is 1. The lowest BCUT2D eigenvalue weighted by atomic mass is 9.82. The monoisotopic (exact) mass is 359 g/mol. The number of hydrogen-bond acceptors (Lipinski definition) is 3. The van der Waals surface area contributed by atoms with E-state index in [1.54, 1.807) is 0 Å². The first-order valence-corrected chi connectivity index (χ1v) is 9.72. The zero-order valence-corrected chi connectivity index (χ0v) is 14.2. The highest BCUT2D eigenvalue weighted by Gasteiger charge is 2.43. The molecule has 1 aliphatic carbocycles. The number of sulfonamides is 1.